The van der Waals surface area contributed by atoms with E-state index >= 15 is 0 Å². The van der Waals surface area contributed by atoms with E-state index in [4.69, 9.17) is 5.11 Å². The molecule has 90 valence electrons. The second kappa shape index (κ2) is 4.85. The van der Waals surface area contributed by atoms with Gasteiger partial charge in [-0.1, -0.05) is 0 Å². The van der Waals surface area contributed by atoms with E-state index in [1.54, 1.807) is 11.3 Å². The molecule has 0 bridgehead atoms. The van der Waals surface area contributed by atoms with Gasteiger partial charge in [-0.25, -0.2) is 4.98 Å². The molecule has 0 saturated carbocycles. The van der Waals surface area contributed by atoms with Crippen LogP contribution in [0.15, 0.2) is 17.5 Å². The highest BCUT2D eigenvalue weighted by Gasteiger charge is 2.10. The van der Waals surface area contributed by atoms with Crippen LogP contribution in [0, 0.1) is 0 Å². The summed E-state index contributed by atoms with van der Waals surface area (Å²) in [5.41, 5.74) is 0.917. The van der Waals surface area contributed by atoms with Crippen LogP contribution in [-0.2, 0) is 11.2 Å². The molecule has 0 amide bonds. The third-order valence-electron chi connectivity index (χ3n) is 2.11. The first-order valence-electron chi connectivity index (χ1n) is 5.00. The molecule has 0 unspecified atom stereocenters. The highest BCUT2D eigenvalue weighted by atomic mass is 32.1. The number of carbonyl (C=O) groups is 1. The van der Waals surface area contributed by atoms with Crippen molar-refractivity contribution in [2.75, 3.05) is 19.0 Å². The molecule has 2 aromatic heterocycles. The van der Waals surface area contributed by atoms with Gasteiger partial charge >= 0.3 is 5.97 Å². The Morgan fingerprint density at radius 3 is 2.82 bits per heavy atom. The first kappa shape index (κ1) is 12.1. The minimum Gasteiger partial charge on any atom is -0.481 e. The van der Waals surface area contributed by atoms with Crippen LogP contribution in [0.1, 0.15) is 4.88 Å². The van der Waals surface area contributed by atoms with E-state index < -0.39 is 5.97 Å². The molecule has 17 heavy (non-hydrogen) atoms. The van der Waals surface area contributed by atoms with Gasteiger partial charge in [0.15, 0.2) is 5.13 Å². The number of rotatable bonds is 4. The summed E-state index contributed by atoms with van der Waals surface area (Å²) in [7, 11) is 3.90. The molecule has 0 aromatic carbocycles. The van der Waals surface area contributed by atoms with E-state index in [0.29, 0.717) is 0 Å². The second-order valence-corrected chi connectivity index (χ2v) is 5.75. The largest absolute Gasteiger partial charge is 0.481 e. The van der Waals surface area contributed by atoms with Crippen molar-refractivity contribution in [1.82, 2.24) is 4.98 Å². The van der Waals surface area contributed by atoms with Crippen LogP contribution in [0.4, 0.5) is 5.13 Å². The topological polar surface area (TPSA) is 53.4 Å². The zero-order valence-electron chi connectivity index (χ0n) is 9.51. The van der Waals surface area contributed by atoms with Gasteiger partial charge < -0.3 is 10.0 Å². The van der Waals surface area contributed by atoms with Crippen LogP contribution >= 0.6 is 22.7 Å². The quantitative estimate of drug-likeness (QED) is 0.926. The Balaban J connectivity index is 2.21. The number of thiazole rings is 1. The molecule has 1 N–H and O–H groups in total. The van der Waals surface area contributed by atoms with Crippen molar-refractivity contribution >= 4 is 33.8 Å². The van der Waals surface area contributed by atoms with E-state index in [-0.39, 0.29) is 6.42 Å². The van der Waals surface area contributed by atoms with Gasteiger partial charge in [-0.05, 0) is 12.1 Å². The fraction of sp³-hybridized carbons (Fsp3) is 0.273. The first-order chi connectivity index (χ1) is 8.06. The summed E-state index contributed by atoms with van der Waals surface area (Å²) in [6.07, 6.45) is 0.0787. The average molecular weight is 268 g/mol. The van der Waals surface area contributed by atoms with Crippen molar-refractivity contribution in [3.8, 4) is 10.6 Å². The second-order valence-electron chi connectivity index (χ2n) is 3.75. The van der Waals surface area contributed by atoms with Crippen LogP contribution in [0.2, 0.25) is 0 Å². The first-order valence-corrected chi connectivity index (χ1v) is 6.69. The summed E-state index contributed by atoms with van der Waals surface area (Å²) >= 11 is 3.06. The lowest BCUT2D eigenvalue weighted by molar-refractivity contribution is -0.136. The summed E-state index contributed by atoms with van der Waals surface area (Å²) in [5.74, 6) is -0.800. The van der Waals surface area contributed by atoms with Crippen LogP contribution < -0.4 is 4.90 Å². The number of carboxylic acid groups (broad SMARTS) is 1. The highest BCUT2D eigenvalue weighted by Crippen LogP contribution is 2.31. The van der Waals surface area contributed by atoms with Gasteiger partial charge in [-0.3, -0.25) is 4.79 Å². The fourth-order valence-electron chi connectivity index (χ4n) is 1.34. The molecular formula is C11H12N2O2S2. The Bertz CT molecular complexity index is 531. The maximum absolute atomic E-state index is 10.6. The fourth-order valence-corrected chi connectivity index (χ4v) is 3.14. The third-order valence-corrected chi connectivity index (χ3v) is 4.23. The zero-order valence-corrected chi connectivity index (χ0v) is 11.1. The molecule has 6 heteroatoms. The Labute approximate surface area is 107 Å². The third kappa shape index (κ3) is 2.83. The molecular weight excluding hydrogens is 256 g/mol. The summed E-state index contributed by atoms with van der Waals surface area (Å²) < 4.78 is 0. The molecule has 0 radical (unpaired) electrons. The zero-order chi connectivity index (χ0) is 12.4. The number of thiophene rings is 1. The molecule has 0 aliphatic heterocycles. The van der Waals surface area contributed by atoms with Crippen LogP contribution in [0.3, 0.4) is 0 Å². The highest BCUT2D eigenvalue weighted by molar-refractivity contribution is 7.17. The standard InChI is InChI=1S/C11H12N2O2S2/c1-13(2)11-12-8(6-16-11)9-4-3-7(17-9)5-10(14)15/h3-4,6H,5H2,1-2H3,(H,14,15). The lowest BCUT2D eigenvalue weighted by Crippen LogP contribution is -2.07. The monoisotopic (exact) mass is 268 g/mol. The number of hydrogen-bond acceptors (Lipinski definition) is 5. The Kier molecular flexibility index (Phi) is 3.44. The lowest BCUT2D eigenvalue weighted by Gasteiger charge is -2.05. The van der Waals surface area contributed by atoms with Crippen LogP contribution in [-0.4, -0.2) is 30.2 Å². The molecule has 0 atom stereocenters. The minimum atomic E-state index is -0.800. The predicted molar refractivity (Wildman–Crippen MR) is 71.1 cm³/mol. The predicted octanol–water partition coefficient (Wildman–Crippen LogP) is 2.56. The molecule has 2 aromatic rings. The number of hydrogen-bond donors (Lipinski definition) is 1. The van der Waals surface area contributed by atoms with E-state index in [2.05, 4.69) is 4.98 Å². The van der Waals surface area contributed by atoms with Gasteiger partial charge in [0.05, 0.1) is 17.0 Å². The van der Waals surface area contributed by atoms with E-state index in [1.807, 2.05) is 36.5 Å². The number of carboxylic acids is 1. The summed E-state index contributed by atoms with van der Waals surface area (Å²) in [4.78, 5) is 18.9. The molecule has 2 heterocycles. The maximum atomic E-state index is 10.6. The van der Waals surface area contributed by atoms with E-state index in [1.165, 1.54) is 11.3 Å². The smallest absolute Gasteiger partial charge is 0.308 e. The molecule has 0 aliphatic rings. The van der Waals surface area contributed by atoms with Gasteiger partial charge in [0.2, 0.25) is 0 Å². The number of anilines is 1. The Morgan fingerprint density at radius 2 is 2.24 bits per heavy atom. The van der Waals surface area contributed by atoms with Gasteiger partial charge in [0, 0.05) is 24.4 Å². The summed E-state index contributed by atoms with van der Waals surface area (Å²) in [6, 6.07) is 3.78. The molecule has 0 saturated heterocycles. The van der Waals surface area contributed by atoms with Gasteiger partial charge in [-0.15, -0.1) is 22.7 Å². The Morgan fingerprint density at radius 1 is 1.47 bits per heavy atom. The number of nitrogens with zero attached hydrogens (tertiary/aromatic N) is 2. The summed E-state index contributed by atoms with van der Waals surface area (Å²) in [6.45, 7) is 0. The maximum Gasteiger partial charge on any atom is 0.308 e. The van der Waals surface area contributed by atoms with Crippen molar-refractivity contribution in [2.24, 2.45) is 0 Å². The van der Waals surface area contributed by atoms with Crippen molar-refractivity contribution < 1.29 is 9.90 Å². The summed E-state index contributed by atoms with van der Waals surface area (Å²) in [5, 5.41) is 11.7. The van der Waals surface area contributed by atoms with Crippen molar-refractivity contribution in [2.45, 2.75) is 6.42 Å². The molecule has 0 fully saturated rings. The normalized spacial score (nSPS) is 10.5. The van der Waals surface area contributed by atoms with Crippen molar-refractivity contribution in [3.63, 3.8) is 0 Å². The van der Waals surface area contributed by atoms with Gasteiger partial charge in [0.1, 0.15) is 0 Å². The lowest BCUT2D eigenvalue weighted by atomic mass is 10.3. The van der Waals surface area contributed by atoms with Crippen LogP contribution in [0.25, 0.3) is 10.6 Å². The van der Waals surface area contributed by atoms with Gasteiger partial charge in [-0.2, -0.15) is 0 Å². The molecule has 4 nitrogen and oxygen atoms in total. The van der Waals surface area contributed by atoms with Gasteiger partial charge in [0.25, 0.3) is 0 Å². The van der Waals surface area contributed by atoms with Crippen molar-refractivity contribution in [3.05, 3.63) is 22.4 Å². The average Bonchev–Trinajstić information content (AvgIpc) is 2.83. The van der Waals surface area contributed by atoms with E-state index in [9.17, 15) is 4.79 Å². The van der Waals surface area contributed by atoms with Crippen molar-refractivity contribution in [1.29, 1.82) is 0 Å². The number of aliphatic carboxylic acids is 1. The minimum absolute atomic E-state index is 0.0787. The molecule has 0 spiro atoms. The van der Waals surface area contributed by atoms with Crippen LogP contribution in [0.5, 0.6) is 0 Å². The SMILES string of the molecule is CN(C)c1nc(-c2ccc(CC(=O)O)s2)cs1. The van der Waals surface area contributed by atoms with E-state index in [0.717, 1.165) is 20.6 Å². The Hall–Kier alpha value is -1.40. The molecule has 2 rings (SSSR count). The molecule has 0 aliphatic carbocycles. The number of aromatic nitrogens is 1.